The molecule has 5 rings (SSSR count). The monoisotopic (exact) mass is 485 g/mol. The summed E-state index contributed by atoms with van der Waals surface area (Å²) in [6, 6.07) is 21.0. The van der Waals surface area contributed by atoms with Crippen LogP contribution in [-0.4, -0.2) is 30.3 Å². The lowest BCUT2D eigenvalue weighted by molar-refractivity contribution is -0.122. The van der Waals surface area contributed by atoms with E-state index >= 15 is 0 Å². The Bertz CT molecular complexity index is 1320. The Labute approximate surface area is 209 Å². The summed E-state index contributed by atoms with van der Waals surface area (Å²) in [5.41, 5.74) is 4.09. The number of rotatable bonds is 4. The van der Waals surface area contributed by atoms with Crippen LogP contribution >= 0.6 is 11.8 Å². The minimum Gasteiger partial charge on any atom is -0.326 e. The van der Waals surface area contributed by atoms with Gasteiger partial charge in [0.1, 0.15) is 0 Å². The van der Waals surface area contributed by atoms with Gasteiger partial charge in [-0.1, -0.05) is 41.6 Å². The van der Waals surface area contributed by atoms with Gasteiger partial charge in [-0.05, 0) is 63.2 Å². The maximum Gasteiger partial charge on any atom is 0.259 e. The van der Waals surface area contributed by atoms with E-state index in [0.29, 0.717) is 17.8 Å². The fraction of sp³-hybridized carbons (Fsp3) is 0.250. The van der Waals surface area contributed by atoms with Crippen molar-refractivity contribution in [1.29, 1.82) is 0 Å². The van der Waals surface area contributed by atoms with Crippen molar-refractivity contribution in [1.82, 2.24) is 0 Å². The normalized spacial score (nSPS) is 17.3. The fourth-order valence-electron chi connectivity index (χ4n) is 4.58. The smallest absolute Gasteiger partial charge is 0.259 e. The second kappa shape index (κ2) is 9.23. The van der Waals surface area contributed by atoms with Crippen molar-refractivity contribution in [2.75, 3.05) is 21.7 Å². The topological polar surface area (TPSA) is 69.7 Å². The molecule has 3 aromatic rings. The first kappa shape index (κ1) is 23.2. The van der Waals surface area contributed by atoms with Crippen LogP contribution in [0.2, 0.25) is 0 Å². The highest BCUT2D eigenvalue weighted by atomic mass is 32.2. The van der Waals surface area contributed by atoms with Crippen molar-refractivity contribution >= 4 is 46.5 Å². The van der Waals surface area contributed by atoms with E-state index in [0.717, 1.165) is 26.7 Å². The van der Waals surface area contributed by atoms with Crippen LogP contribution in [-0.2, 0) is 9.59 Å². The van der Waals surface area contributed by atoms with Crippen LogP contribution in [0.4, 0.5) is 17.1 Å². The van der Waals surface area contributed by atoms with E-state index in [4.69, 9.17) is 0 Å². The molecule has 1 N–H and O–H groups in total. The van der Waals surface area contributed by atoms with Crippen molar-refractivity contribution in [2.24, 2.45) is 5.92 Å². The number of amides is 3. The SMILES string of the molecule is Cc1ccc(N2C[C@H](C(=O)Nc3ccc4c(c3)Sc3ccccc3C(=O)N4C(C)C)CC2=O)cc1. The lowest BCUT2D eigenvalue weighted by Crippen LogP contribution is -2.37. The third-order valence-corrected chi connectivity index (χ3v) is 7.52. The van der Waals surface area contributed by atoms with Gasteiger partial charge in [-0.25, -0.2) is 0 Å². The van der Waals surface area contributed by atoms with Crippen LogP contribution in [0.15, 0.2) is 76.5 Å². The van der Waals surface area contributed by atoms with Gasteiger partial charge in [0.05, 0.1) is 17.2 Å². The largest absolute Gasteiger partial charge is 0.326 e. The standard InChI is InChI=1S/C28H27N3O3S/c1-17(2)31-23-13-10-20(15-25(23)35-24-7-5-4-6-22(24)28(31)34)29-27(33)19-14-26(32)30(16-19)21-11-8-18(3)9-12-21/h4-13,15,17,19H,14,16H2,1-3H3,(H,29,33)/t19-/m1/s1. The third kappa shape index (κ3) is 4.44. The second-order valence-corrected chi connectivity index (χ2v) is 10.4. The Morgan fingerprint density at radius 3 is 2.49 bits per heavy atom. The van der Waals surface area contributed by atoms with E-state index in [9.17, 15) is 14.4 Å². The fourth-order valence-corrected chi connectivity index (χ4v) is 5.68. The summed E-state index contributed by atoms with van der Waals surface area (Å²) in [6.07, 6.45) is 0.183. The average Bonchev–Trinajstić information content (AvgIpc) is 3.17. The number of aryl methyl sites for hydroxylation is 1. The lowest BCUT2D eigenvalue weighted by Gasteiger charge is -2.27. The lowest BCUT2D eigenvalue weighted by atomic mass is 10.1. The summed E-state index contributed by atoms with van der Waals surface area (Å²) < 4.78 is 0. The zero-order valence-corrected chi connectivity index (χ0v) is 20.8. The number of hydrogen-bond donors (Lipinski definition) is 1. The summed E-state index contributed by atoms with van der Waals surface area (Å²) in [7, 11) is 0. The van der Waals surface area contributed by atoms with E-state index in [1.165, 1.54) is 11.8 Å². The van der Waals surface area contributed by atoms with E-state index in [-0.39, 0.29) is 30.2 Å². The van der Waals surface area contributed by atoms with Gasteiger partial charge in [0.15, 0.2) is 0 Å². The molecule has 2 heterocycles. The highest BCUT2D eigenvalue weighted by Gasteiger charge is 2.35. The number of fused-ring (bicyclic) bond motifs is 2. The number of hydrogen-bond acceptors (Lipinski definition) is 4. The van der Waals surface area contributed by atoms with Gasteiger partial charge in [-0.15, -0.1) is 0 Å². The minimum atomic E-state index is -0.426. The van der Waals surface area contributed by atoms with Gasteiger partial charge in [-0.2, -0.15) is 0 Å². The molecule has 6 nitrogen and oxygen atoms in total. The van der Waals surface area contributed by atoms with E-state index in [1.807, 2.05) is 87.5 Å². The Morgan fingerprint density at radius 2 is 1.74 bits per heavy atom. The molecule has 0 aliphatic carbocycles. The molecule has 0 spiro atoms. The Balaban J connectivity index is 1.38. The number of benzene rings is 3. The molecule has 7 heteroatoms. The van der Waals surface area contributed by atoms with Crippen LogP contribution < -0.4 is 15.1 Å². The molecular formula is C28H27N3O3S. The summed E-state index contributed by atoms with van der Waals surface area (Å²) in [5.74, 6) is -0.679. The van der Waals surface area contributed by atoms with Gasteiger partial charge >= 0.3 is 0 Å². The molecule has 1 fully saturated rings. The molecule has 0 bridgehead atoms. The van der Waals surface area contributed by atoms with Gasteiger partial charge < -0.3 is 15.1 Å². The molecule has 3 amide bonds. The zero-order valence-electron chi connectivity index (χ0n) is 19.9. The highest BCUT2D eigenvalue weighted by Crippen LogP contribution is 2.43. The molecule has 3 aromatic carbocycles. The first-order valence-electron chi connectivity index (χ1n) is 11.7. The first-order chi connectivity index (χ1) is 16.8. The van der Waals surface area contributed by atoms with Crippen LogP contribution in [0.1, 0.15) is 36.2 Å². The van der Waals surface area contributed by atoms with Crippen molar-refractivity contribution in [3.63, 3.8) is 0 Å². The molecule has 1 atom stereocenters. The maximum absolute atomic E-state index is 13.3. The molecule has 35 heavy (non-hydrogen) atoms. The predicted molar refractivity (Wildman–Crippen MR) is 139 cm³/mol. The van der Waals surface area contributed by atoms with Crippen LogP contribution in [0.25, 0.3) is 0 Å². The molecule has 0 radical (unpaired) electrons. The summed E-state index contributed by atoms with van der Waals surface area (Å²) in [4.78, 5) is 44.3. The van der Waals surface area contributed by atoms with Crippen molar-refractivity contribution < 1.29 is 14.4 Å². The number of nitrogens with one attached hydrogen (secondary N) is 1. The van der Waals surface area contributed by atoms with Crippen LogP contribution in [0.5, 0.6) is 0 Å². The molecule has 178 valence electrons. The summed E-state index contributed by atoms with van der Waals surface area (Å²) in [5, 5.41) is 3.00. The van der Waals surface area contributed by atoms with Gasteiger partial charge in [0, 0.05) is 40.2 Å². The van der Waals surface area contributed by atoms with Crippen molar-refractivity contribution in [3.05, 3.63) is 77.9 Å². The molecule has 0 saturated carbocycles. The van der Waals surface area contributed by atoms with E-state index in [2.05, 4.69) is 5.32 Å². The molecule has 1 saturated heterocycles. The van der Waals surface area contributed by atoms with E-state index < -0.39 is 5.92 Å². The minimum absolute atomic E-state index is 0.0225. The van der Waals surface area contributed by atoms with Crippen molar-refractivity contribution in [3.8, 4) is 0 Å². The maximum atomic E-state index is 13.3. The zero-order chi connectivity index (χ0) is 24.7. The number of carbonyl (C=O) groups is 3. The number of anilines is 3. The van der Waals surface area contributed by atoms with Crippen molar-refractivity contribution in [2.45, 2.75) is 43.0 Å². The predicted octanol–water partition coefficient (Wildman–Crippen LogP) is 5.51. The summed E-state index contributed by atoms with van der Waals surface area (Å²) in [6.45, 7) is 6.34. The third-order valence-electron chi connectivity index (χ3n) is 6.40. The Morgan fingerprint density at radius 1 is 1.00 bits per heavy atom. The number of carbonyl (C=O) groups excluding carboxylic acids is 3. The molecule has 0 unspecified atom stereocenters. The molecular weight excluding hydrogens is 458 g/mol. The Kier molecular flexibility index (Phi) is 6.11. The first-order valence-corrected chi connectivity index (χ1v) is 12.6. The average molecular weight is 486 g/mol. The Hall–Kier alpha value is -3.58. The van der Waals surface area contributed by atoms with Gasteiger partial charge in [-0.3, -0.25) is 14.4 Å². The summed E-state index contributed by atoms with van der Waals surface area (Å²) >= 11 is 1.52. The van der Waals surface area contributed by atoms with Crippen LogP contribution in [0.3, 0.4) is 0 Å². The van der Waals surface area contributed by atoms with Crippen LogP contribution in [0, 0.1) is 12.8 Å². The second-order valence-electron chi connectivity index (χ2n) is 9.28. The quantitative estimate of drug-likeness (QED) is 0.529. The van der Waals surface area contributed by atoms with Gasteiger partial charge in [0.25, 0.3) is 5.91 Å². The number of nitrogens with zero attached hydrogens (tertiary/aromatic N) is 2. The van der Waals surface area contributed by atoms with E-state index in [1.54, 1.807) is 9.80 Å². The molecule has 2 aliphatic heterocycles. The van der Waals surface area contributed by atoms with Gasteiger partial charge in [0.2, 0.25) is 11.8 Å². The molecule has 2 aliphatic rings. The molecule has 0 aromatic heterocycles. The highest BCUT2D eigenvalue weighted by molar-refractivity contribution is 7.99.